The van der Waals surface area contributed by atoms with E-state index in [0.717, 1.165) is 17.3 Å². The molecule has 1 atom stereocenters. The summed E-state index contributed by atoms with van der Waals surface area (Å²) in [5.41, 5.74) is 3.02. The molecular weight excluding hydrogens is 703 g/mol. The Kier molecular flexibility index (Phi) is 11.1. The Labute approximate surface area is 291 Å². The number of carbonyl (C=O) groups is 4. The van der Waals surface area contributed by atoms with Gasteiger partial charge in [-0.1, -0.05) is 23.7 Å². The number of alkyl halides is 3. The number of amides is 3. The Balaban J connectivity index is 1.22. The molecule has 4 aromatic rings. The fourth-order valence-electron chi connectivity index (χ4n) is 4.58. The Hall–Kier alpha value is -6.05. The highest BCUT2D eigenvalue weighted by molar-refractivity contribution is 6.38. The Morgan fingerprint density at radius 3 is 2.24 bits per heavy atom. The third-order valence-corrected chi connectivity index (χ3v) is 7.50. The van der Waals surface area contributed by atoms with E-state index >= 15 is 0 Å². The Bertz CT molecular complexity index is 1860. The molecule has 0 radical (unpaired) electrons. The van der Waals surface area contributed by atoms with Crippen LogP contribution in [0, 0.1) is 0 Å². The number of esters is 1. The highest BCUT2D eigenvalue weighted by Gasteiger charge is 2.45. The number of hydrogen-bond donors (Lipinski definition) is 5. The van der Waals surface area contributed by atoms with E-state index in [1.54, 1.807) is 12.1 Å². The van der Waals surface area contributed by atoms with Crippen LogP contribution in [-0.2, 0) is 24.7 Å². The van der Waals surface area contributed by atoms with Gasteiger partial charge in [0.25, 0.3) is 5.91 Å². The lowest BCUT2D eigenvalue weighted by Gasteiger charge is -2.19. The molecule has 51 heavy (non-hydrogen) atoms. The number of benzene rings is 2. The molecule has 2 aromatic carbocycles. The van der Waals surface area contributed by atoms with Crippen molar-refractivity contribution in [2.75, 3.05) is 36.3 Å². The number of methoxy groups -OCH3 is 1. The van der Waals surface area contributed by atoms with Gasteiger partial charge in [0.1, 0.15) is 18.7 Å². The number of carbonyl (C=O) groups excluding carboxylic acids is 4. The molecule has 0 saturated heterocycles. The molecule has 1 aliphatic rings. The van der Waals surface area contributed by atoms with E-state index in [2.05, 4.69) is 51.8 Å². The van der Waals surface area contributed by atoms with Crippen LogP contribution in [0.3, 0.4) is 0 Å². The van der Waals surface area contributed by atoms with Crippen LogP contribution in [0.4, 0.5) is 30.8 Å². The van der Waals surface area contributed by atoms with Gasteiger partial charge in [-0.25, -0.2) is 9.47 Å². The van der Waals surface area contributed by atoms with Crippen LogP contribution in [0.5, 0.6) is 6.01 Å². The minimum Gasteiger partial charge on any atom is -0.467 e. The van der Waals surface area contributed by atoms with Gasteiger partial charge in [0.05, 0.1) is 12.6 Å². The maximum atomic E-state index is 13.0. The smallest absolute Gasteiger partial charge is 0.422 e. The maximum Gasteiger partial charge on any atom is 0.422 e. The lowest BCUT2D eigenvalue weighted by Crippen LogP contribution is -2.45. The summed E-state index contributed by atoms with van der Waals surface area (Å²) in [5.74, 6) is -3.65. The predicted octanol–water partition coefficient (Wildman–Crippen LogP) is 2.45. The first kappa shape index (κ1) is 36.2. The van der Waals surface area contributed by atoms with Crippen molar-refractivity contribution in [2.24, 2.45) is 0 Å². The topological polar surface area (TPSA) is 216 Å². The zero-order chi connectivity index (χ0) is 36.6. The average molecular weight is 732 g/mol. The molecule has 5 rings (SSSR count). The summed E-state index contributed by atoms with van der Waals surface area (Å²) in [5, 5.41) is 18.4. The van der Waals surface area contributed by atoms with Crippen LogP contribution in [-0.4, -0.2) is 86.0 Å². The van der Waals surface area contributed by atoms with E-state index in [9.17, 15) is 32.3 Å². The molecule has 0 bridgehead atoms. The summed E-state index contributed by atoms with van der Waals surface area (Å²) in [6.07, 6.45) is -1.01. The van der Waals surface area contributed by atoms with Gasteiger partial charge in [0.15, 0.2) is 6.61 Å². The molecule has 1 fully saturated rings. The zero-order valence-electron chi connectivity index (χ0n) is 26.5. The summed E-state index contributed by atoms with van der Waals surface area (Å²) in [7, 11) is 1.12. The molecule has 5 N–H and O–H groups in total. The lowest BCUT2D eigenvalue weighted by molar-refractivity contribution is -0.154. The summed E-state index contributed by atoms with van der Waals surface area (Å²) in [6.45, 7) is -1.80. The Morgan fingerprint density at radius 1 is 0.941 bits per heavy atom. The fourth-order valence-corrected chi connectivity index (χ4v) is 4.70. The lowest BCUT2D eigenvalue weighted by atomic mass is 10.1. The number of hydrogen-bond acceptors (Lipinski definition) is 13. The van der Waals surface area contributed by atoms with E-state index in [-0.39, 0.29) is 30.4 Å². The number of rotatable bonds is 14. The minimum atomic E-state index is -4.64. The third kappa shape index (κ3) is 10.2. The number of nitrogens with one attached hydrogen (secondary N) is 5. The van der Waals surface area contributed by atoms with Gasteiger partial charge in [-0.2, -0.15) is 28.1 Å². The van der Waals surface area contributed by atoms with Gasteiger partial charge >= 0.3 is 30.0 Å². The molecule has 2 heterocycles. The molecule has 268 valence electrons. The van der Waals surface area contributed by atoms with E-state index in [1.165, 1.54) is 36.9 Å². The van der Waals surface area contributed by atoms with Crippen molar-refractivity contribution in [2.45, 2.75) is 37.0 Å². The van der Waals surface area contributed by atoms with Crippen LogP contribution in [0.2, 0.25) is 5.02 Å². The van der Waals surface area contributed by atoms with E-state index < -0.39 is 54.1 Å². The number of nitrogens with zero attached hydrogens (tertiary/aromatic N) is 6. The minimum absolute atomic E-state index is 0.0331. The zero-order valence-corrected chi connectivity index (χ0v) is 27.3. The summed E-state index contributed by atoms with van der Waals surface area (Å²) in [4.78, 5) is 61.7. The normalized spacial score (nSPS) is 13.7. The molecular formula is C30H29ClF3N11O6. The number of halogens is 4. The van der Waals surface area contributed by atoms with Crippen molar-refractivity contribution in [1.82, 2.24) is 40.5 Å². The highest BCUT2D eigenvalue weighted by Crippen LogP contribution is 2.48. The van der Waals surface area contributed by atoms with E-state index in [1.807, 2.05) is 12.1 Å². The molecule has 1 saturated carbocycles. The van der Waals surface area contributed by atoms with E-state index in [0.29, 0.717) is 23.6 Å². The number of aromatic nitrogens is 6. The molecule has 0 unspecified atom stereocenters. The van der Waals surface area contributed by atoms with Crippen LogP contribution in [0.15, 0.2) is 61.2 Å². The Morgan fingerprint density at radius 2 is 1.61 bits per heavy atom. The van der Waals surface area contributed by atoms with Crippen LogP contribution in [0.25, 0.3) is 0 Å². The average Bonchev–Trinajstić information content (AvgIpc) is 3.69. The van der Waals surface area contributed by atoms with E-state index in [4.69, 9.17) is 21.1 Å². The van der Waals surface area contributed by atoms with Crippen molar-refractivity contribution in [3.05, 3.63) is 77.3 Å². The van der Waals surface area contributed by atoms with Gasteiger partial charge in [-0.3, -0.25) is 19.8 Å². The van der Waals surface area contributed by atoms with Crippen LogP contribution >= 0.6 is 11.6 Å². The SMILES string of the molecule is COC(=O)[C@H](CCNC(=O)C(=O)Nn1cnnc1)NC(=O)c1ccc(Nc2nc(NC3(c4ccc(Cl)cc4)CC3)nc(OCC(F)(F)F)n2)cc1. The van der Waals surface area contributed by atoms with Gasteiger partial charge in [-0.15, -0.1) is 10.2 Å². The fraction of sp³-hybridized carbons (Fsp3) is 0.300. The van der Waals surface area contributed by atoms with Crippen LogP contribution in [0.1, 0.15) is 35.2 Å². The van der Waals surface area contributed by atoms with Crippen molar-refractivity contribution in [3.63, 3.8) is 0 Å². The molecule has 0 aliphatic heterocycles. The third-order valence-electron chi connectivity index (χ3n) is 7.25. The van der Waals surface area contributed by atoms with Crippen molar-refractivity contribution < 1.29 is 41.8 Å². The molecule has 21 heteroatoms. The first-order chi connectivity index (χ1) is 24.3. The van der Waals surface area contributed by atoms with Crippen molar-refractivity contribution >= 4 is 52.9 Å². The maximum absolute atomic E-state index is 13.0. The summed E-state index contributed by atoms with van der Waals surface area (Å²) in [6, 6.07) is 11.1. The number of anilines is 3. The van der Waals surface area contributed by atoms with Gasteiger partial charge in [0.2, 0.25) is 11.9 Å². The molecule has 0 spiro atoms. The van der Waals surface area contributed by atoms with Crippen molar-refractivity contribution in [3.8, 4) is 6.01 Å². The van der Waals surface area contributed by atoms with Crippen LogP contribution < -0.4 is 31.4 Å². The monoisotopic (exact) mass is 731 g/mol. The molecule has 2 aromatic heterocycles. The van der Waals surface area contributed by atoms with Gasteiger partial charge < -0.3 is 30.7 Å². The highest BCUT2D eigenvalue weighted by atomic mass is 35.5. The van der Waals surface area contributed by atoms with Gasteiger partial charge in [-0.05, 0) is 61.2 Å². The summed E-state index contributed by atoms with van der Waals surface area (Å²) < 4.78 is 49.4. The second-order valence-electron chi connectivity index (χ2n) is 11.0. The molecule has 17 nitrogen and oxygen atoms in total. The quantitative estimate of drug-likeness (QED) is 0.0932. The first-order valence-electron chi connectivity index (χ1n) is 15.0. The second kappa shape index (κ2) is 15.7. The first-order valence-corrected chi connectivity index (χ1v) is 15.4. The van der Waals surface area contributed by atoms with Crippen molar-refractivity contribution in [1.29, 1.82) is 0 Å². The number of ether oxygens (including phenoxy) is 2. The second-order valence-corrected chi connectivity index (χ2v) is 11.4. The largest absolute Gasteiger partial charge is 0.467 e. The molecule has 1 aliphatic carbocycles. The molecule has 3 amide bonds. The standard InChI is InChI=1S/C30H29ClF3N11O6/c1-50-25(49)21(10-13-35-23(47)24(48)44-45-15-36-37-16-45)39-22(46)17-2-8-20(9-3-17)38-26-40-27(42-28(41-26)51-14-30(32,33)34)43-29(11-12-29)18-4-6-19(31)7-5-18/h2-9,15-16,21H,10-14H2,1H3,(H,35,47)(H,39,46)(H,44,48)(H2,38,40,41,42,43)/t21-/m0/s1. The predicted molar refractivity (Wildman–Crippen MR) is 172 cm³/mol. The van der Waals surface area contributed by atoms with Gasteiger partial charge in [0, 0.05) is 22.8 Å². The summed E-state index contributed by atoms with van der Waals surface area (Å²) >= 11 is 6.02.